The molecule has 1 aromatic carbocycles. The number of halogens is 1. The molecule has 2 aromatic rings. The Morgan fingerprint density at radius 2 is 2.36 bits per heavy atom. The number of aliphatic hydroxyl groups excluding tert-OH is 1. The van der Waals surface area contributed by atoms with Gasteiger partial charge in [0.1, 0.15) is 0 Å². The summed E-state index contributed by atoms with van der Waals surface area (Å²) in [5.74, 6) is 0. The first-order chi connectivity index (χ1) is 6.77. The summed E-state index contributed by atoms with van der Waals surface area (Å²) in [6.45, 7) is 0.0433. The molecule has 0 aliphatic heterocycles. The van der Waals surface area contributed by atoms with E-state index in [2.05, 4.69) is 0 Å². The fraction of sp³-hybridized carbons (Fsp3) is 0.200. The first-order valence-corrected chi connectivity index (χ1v) is 6.59. The summed E-state index contributed by atoms with van der Waals surface area (Å²) in [4.78, 5) is 1.11. The molecule has 0 unspecified atom stereocenters. The second kappa shape index (κ2) is 4.11. The highest BCUT2D eigenvalue weighted by Gasteiger charge is 2.10. The zero-order valence-electron chi connectivity index (χ0n) is 7.58. The lowest BCUT2D eigenvalue weighted by Gasteiger charge is -2.06. The van der Waals surface area contributed by atoms with Gasteiger partial charge in [0, 0.05) is 9.60 Å². The number of rotatable bonds is 2. The predicted molar refractivity (Wildman–Crippen MR) is 64.5 cm³/mol. The Bertz CT molecular complexity index is 464. The summed E-state index contributed by atoms with van der Waals surface area (Å²) >= 11 is 9.43. The first kappa shape index (κ1) is 10.3. The SMILES string of the molecule is CSc1c(Cl)cc(CO)c2ccsc12. The van der Waals surface area contributed by atoms with Crippen LogP contribution in [0.4, 0.5) is 0 Å². The van der Waals surface area contributed by atoms with Crippen LogP contribution in [0, 0.1) is 0 Å². The number of hydrogen-bond donors (Lipinski definition) is 1. The Labute approximate surface area is 95.7 Å². The van der Waals surface area contributed by atoms with Crippen LogP contribution in [0.1, 0.15) is 5.56 Å². The maximum absolute atomic E-state index is 9.18. The third-order valence-corrected chi connectivity index (χ3v) is 4.41. The minimum absolute atomic E-state index is 0.0433. The second-order valence-corrected chi connectivity index (χ2v) is 5.01. The Hall–Kier alpha value is -0.220. The van der Waals surface area contributed by atoms with E-state index < -0.39 is 0 Å². The standard InChI is InChI=1S/C10H9ClOS2/c1-13-10-8(11)4-6(5-12)7-2-3-14-9(7)10/h2-4,12H,5H2,1H3. The smallest absolute Gasteiger partial charge is 0.0688 e. The Morgan fingerprint density at radius 1 is 1.57 bits per heavy atom. The molecule has 0 spiro atoms. The average molecular weight is 245 g/mol. The van der Waals surface area contributed by atoms with Crippen molar-refractivity contribution in [2.24, 2.45) is 0 Å². The van der Waals surface area contributed by atoms with Gasteiger partial charge in [-0.1, -0.05) is 11.6 Å². The van der Waals surface area contributed by atoms with Crippen LogP contribution < -0.4 is 0 Å². The molecule has 0 aliphatic rings. The highest BCUT2D eigenvalue weighted by atomic mass is 35.5. The van der Waals surface area contributed by atoms with E-state index in [1.807, 2.05) is 23.8 Å². The van der Waals surface area contributed by atoms with E-state index in [0.717, 1.165) is 20.9 Å². The van der Waals surface area contributed by atoms with E-state index in [1.165, 1.54) is 4.70 Å². The van der Waals surface area contributed by atoms with Crippen LogP contribution in [-0.2, 0) is 6.61 Å². The van der Waals surface area contributed by atoms with Gasteiger partial charge < -0.3 is 5.11 Å². The minimum Gasteiger partial charge on any atom is -0.392 e. The van der Waals surface area contributed by atoms with Crippen molar-refractivity contribution in [3.05, 3.63) is 28.1 Å². The lowest BCUT2D eigenvalue weighted by molar-refractivity contribution is 0.283. The molecule has 0 atom stereocenters. The summed E-state index contributed by atoms with van der Waals surface area (Å²) in [6.07, 6.45) is 2.01. The van der Waals surface area contributed by atoms with Crippen LogP contribution in [0.3, 0.4) is 0 Å². The molecule has 0 radical (unpaired) electrons. The number of benzene rings is 1. The van der Waals surface area contributed by atoms with Crippen molar-refractivity contribution in [3.63, 3.8) is 0 Å². The lowest BCUT2D eigenvalue weighted by Crippen LogP contribution is -1.85. The molecule has 2 rings (SSSR count). The van der Waals surface area contributed by atoms with Gasteiger partial charge in [-0.3, -0.25) is 0 Å². The third-order valence-electron chi connectivity index (χ3n) is 2.11. The van der Waals surface area contributed by atoms with Gasteiger partial charge in [-0.15, -0.1) is 23.1 Å². The fourth-order valence-corrected chi connectivity index (χ4v) is 3.80. The van der Waals surface area contributed by atoms with Crippen molar-refractivity contribution >= 4 is 44.8 Å². The largest absolute Gasteiger partial charge is 0.392 e. The van der Waals surface area contributed by atoms with Gasteiger partial charge in [-0.2, -0.15) is 0 Å². The van der Waals surface area contributed by atoms with Gasteiger partial charge in [0.05, 0.1) is 11.6 Å². The number of hydrogen-bond acceptors (Lipinski definition) is 3. The van der Waals surface area contributed by atoms with Crippen LogP contribution in [0.5, 0.6) is 0 Å². The van der Waals surface area contributed by atoms with Crippen molar-refractivity contribution < 1.29 is 5.11 Å². The molecule has 1 heterocycles. The van der Waals surface area contributed by atoms with E-state index in [-0.39, 0.29) is 6.61 Å². The lowest BCUT2D eigenvalue weighted by atomic mass is 10.1. The maximum atomic E-state index is 9.18. The monoisotopic (exact) mass is 244 g/mol. The number of aliphatic hydroxyl groups is 1. The van der Waals surface area contributed by atoms with Crippen molar-refractivity contribution in [1.82, 2.24) is 0 Å². The predicted octanol–water partition coefficient (Wildman–Crippen LogP) is 3.77. The molecule has 0 fully saturated rings. The molecule has 0 saturated carbocycles. The van der Waals surface area contributed by atoms with Crippen LogP contribution in [0.25, 0.3) is 10.1 Å². The first-order valence-electron chi connectivity index (χ1n) is 4.11. The molecule has 4 heteroatoms. The van der Waals surface area contributed by atoms with E-state index in [9.17, 15) is 5.11 Å². The van der Waals surface area contributed by atoms with E-state index in [0.29, 0.717) is 0 Å². The Morgan fingerprint density at radius 3 is 3.00 bits per heavy atom. The van der Waals surface area contributed by atoms with Gasteiger partial charge in [0.15, 0.2) is 0 Å². The molecule has 74 valence electrons. The van der Waals surface area contributed by atoms with Crippen molar-refractivity contribution in [3.8, 4) is 0 Å². The minimum atomic E-state index is 0.0433. The van der Waals surface area contributed by atoms with Gasteiger partial charge in [0.25, 0.3) is 0 Å². The summed E-state index contributed by atoms with van der Waals surface area (Å²) in [6, 6.07) is 3.88. The molecule has 1 aromatic heterocycles. The average Bonchev–Trinajstić information content (AvgIpc) is 2.65. The summed E-state index contributed by atoms with van der Waals surface area (Å²) in [7, 11) is 0. The molecule has 0 saturated heterocycles. The normalized spacial score (nSPS) is 11.1. The molecular formula is C10H9ClOS2. The van der Waals surface area contributed by atoms with E-state index >= 15 is 0 Å². The van der Waals surface area contributed by atoms with Crippen LogP contribution in [0.15, 0.2) is 22.4 Å². The van der Waals surface area contributed by atoms with Crippen LogP contribution >= 0.6 is 34.7 Å². The fourth-order valence-electron chi connectivity index (χ4n) is 1.46. The summed E-state index contributed by atoms with van der Waals surface area (Å²) in [5, 5.41) is 13.1. The summed E-state index contributed by atoms with van der Waals surface area (Å²) < 4.78 is 1.18. The number of thioether (sulfide) groups is 1. The number of fused-ring (bicyclic) bond motifs is 1. The van der Waals surface area contributed by atoms with Crippen molar-refractivity contribution in [2.75, 3.05) is 6.26 Å². The molecule has 0 bridgehead atoms. The molecular weight excluding hydrogens is 236 g/mol. The Kier molecular flexibility index (Phi) is 3.02. The zero-order valence-corrected chi connectivity index (χ0v) is 9.97. The van der Waals surface area contributed by atoms with Crippen LogP contribution in [-0.4, -0.2) is 11.4 Å². The third kappa shape index (κ3) is 1.54. The quantitative estimate of drug-likeness (QED) is 0.812. The second-order valence-electron chi connectivity index (χ2n) is 2.87. The van der Waals surface area contributed by atoms with Gasteiger partial charge in [-0.05, 0) is 34.7 Å². The van der Waals surface area contributed by atoms with Crippen LogP contribution in [0.2, 0.25) is 5.02 Å². The Balaban J connectivity index is 2.81. The van der Waals surface area contributed by atoms with Crippen molar-refractivity contribution in [2.45, 2.75) is 11.5 Å². The highest BCUT2D eigenvalue weighted by Crippen LogP contribution is 2.38. The number of thiophene rings is 1. The van der Waals surface area contributed by atoms with E-state index in [1.54, 1.807) is 23.1 Å². The molecule has 0 aliphatic carbocycles. The zero-order chi connectivity index (χ0) is 10.1. The van der Waals surface area contributed by atoms with Gasteiger partial charge >= 0.3 is 0 Å². The summed E-state index contributed by atoms with van der Waals surface area (Å²) in [5.41, 5.74) is 0.907. The topological polar surface area (TPSA) is 20.2 Å². The van der Waals surface area contributed by atoms with Crippen molar-refractivity contribution in [1.29, 1.82) is 0 Å². The molecule has 1 nitrogen and oxygen atoms in total. The maximum Gasteiger partial charge on any atom is 0.0688 e. The molecule has 14 heavy (non-hydrogen) atoms. The van der Waals surface area contributed by atoms with Gasteiger partial charge in [-0.25, -0.2) is 0 Å². The highest BCUT2D eigenvalue weighted by molar-refractivity contribution is 7.99. The van der Waals surface area contributed by atoms with Gasteiger partial charge in [0.2, 0.25) is 0 Å². The molecule has 1 N–H and O–H groups in total. The van der Waals surface area contributed by atoms with E-state index in [4.69, 9.17) is 11.6 Å². The molecule has 0 amide bonds.